The van der Waals surface area contributed by atoms with E-state index in [-0.39, 0.29) is 11.3 Å². The van der Waals surface area contributed by atoms with Gasteiger partial charge in [0.2, 0.25) is 0 Å². The third kappa shape index (κ3) is 2.76. The Morgan fingerprint density at radius 2 is 1.85 bits per heavy atom. The number of hydrogen-bond donors (Lipinski definition) is 3. The Kier molecular flexibility index (Phi) is 3.97. The van der Waals surface area contributed by atoms with Gasteiger partial charge in [-0.25, -0.2) is 4.79 Å². The molecule has 20 heavy (non-hydrogen) atoms. The fourth-order valence-corrected chi connectivity index (χ4v) is 2.66. The molecule has 1 aliphatic rings. The van der Waals surface area contributed by atoms with E-state index in [2.05, 4.69) is 5.32 Å². The Morgan fingerprint density at radius 3 is 2.45 bits per heavy atom. The summed E-state index contributed by atoms with van der Waals surface area (Å²) in [6, 6.07) is 4.70. The second-order valence-corrected chi connectivity index (χ2v) is 5.42. The number of benzene rings is 1. The van der Waals surface area contributed by atoms with Crippen LogP contribution in [-0.2, 0) is 4.79 Å². The first-order valence-corrected chi connectivity index (χ1v) is 6.80. The van der Waals surface area contributed by atoms with Crippen LogP contribution in [-0.4, -0.2) is 27.6 Å². The van der Waals surface area contributed by atoms with Crippen molar-refractivity contribution < 1.29 is 19.8 Å². The molecule has 0 spiro atoms. The molecular weight excluding hydrogens is 258 g/mol. The maximum Gasteiger partial charge on any atom is 0.329 e. The minimum absolute atomic E-state index is 0.121. The molecule has 5 nitrogen and oxygen atoms in total. The van der Waals surface area contributed by atoms with Crippen LogP contribution in [0.1, 0.15) is 48.0 Å². The van der Waals surface area contributed by atoms with Crippen molar-refractivity contribution in [3.63, 3.8) is 0 Å². The monoisotopic (exact) mass is 277 g/mol. The lowest BCUT2D eigenvalue weighted by Gasteiger charge is -2.34. The molecule has 0 saturated heterocycles. The van der Waals surface area contributed by atoms with Gasteiger partial charge in [-0.1, -0.05) is 30.9 Å². The molecule has 0 aliphatic heterocycles. The molecule has 5 heteroatoms. The number of nitrogens with one attached hydrogen (secondary N) is 1. The molecule has 1 aromatic rings. The smallest absolute Gasteiger partial charge is 0.329 e. The third-order valence-electron chi connectivity index (χ3n) is 3.87. The van der Waals surface area contributed by atoms with Crippen LogP contribution in [0, 0.1) is 6.92 Å². The van der Waals surface area contributed by atoms with Crippen LogP contribution in [0.3, 0.4) is 0 Å². The number of amides is 1. The van der Waals surface area contributed by atoms with Gasteiger partial charge >= 0.3 is 5.97 Å². The van der Waals surface area contributed by atoms with Crippen molar-refractivity contribution >= 4 is 11.9 Å². The topological polar surface area (TPSA) is 86.6 Å². The van der Waals surface area contributed by atoms with E-state index in [1.165, 1.54) is 6.07 Å². The summed E-state index contributed by atoms with van der Waals surface area (Å²) in [7, 11) is 0. The number of aliphatic carboxylic acids is 1. The fraction of sp³-hybridized carbons (Fsp3) is 0.467. The quantitative estimate of drug-likeness (QED) is 0.790. The molecule has 2 rings (SSSR count). The molecule has 108 valence electrons. The van der Waals surface area contributed by atoms with Gasteiger partial charge in [0.25, 0.3) is 5.91 Å². The van der Waals surface area contributed by atoms with Crippen molar-refractivity contribution in [3.05, 3.63) is 29.3 Å². The van der Waals surface area contributed by atoms with E-state index in [0.29, 0.717) is 12.8 Å². The maximum absolute atomic E-state index is 12.3. The normalized spacial score (nSPS) is 17.4. The second kappa shape index (κ2) is 5.53. The van der Waals surface area contributed by atoms with Crippen molar-refractivity contribution in [2.75, 3.05) is 0 Å². The van der Waals surface area contributed by atoms with Gasteiger partial charge in [0.15, 0.2) is 0 Å². The average Bonchev–Trinajstić information content (AvgIpc) is 2.42. The largest absolute Gasteiger partial charge is 0.507 e. The number of aryl methyl sites for hydroxylation is 1. The summed E-state index contributed by atoms with van der Waals surface area (Å²) in [4.78, 5) is 23.8. The fourth-order valence-electron chi connectivity index (χ4n) is 2.66. The Bertz CT molecular complexity index is 533. The molecule has 3 N–H and O–H groups in total. The summed E-state index contributed by atoms with van der Waals surface area (Å²) in [6.07, 6.45) is 3.42. The summed E-state index contributed by atoms with van der Waals surface area (Å²) < 4.78 is 0. The number of carbonyl (C=O) groups excluding carboxylic acids is 1. The molecule has 1 aromatic carbocycles. The highest BCUT2D eigenvalue weighted by Crippen LogP contribution is 2.29. The zero-order valence-corrected chi connectivity index (χ0v) is 11.5. The van der Waals surface area contributed by atoms with Crippen LogP contribution in [0.2, 0.25) is 0 Å². The molecule has 1 saturated carbocycles. The first-order valence-electron chi connectivity index (χ1n) is 6.80. The SMILES string of the molecule is Cc1ccc(O)c(C(=O)NC2(C(=O)O)CCCCC2)c1. The van der Waals surface area contributed by atoms with Crippen LogP contribution in [0.25, 0.3) is 0 Å². The van der Waals surface area contributed by atoms with Gasteiger partial charge in [-0.2, -0.15) is 0 Å². The van der Waals surface area contributed by atoms with Crippen LogP contribution < -0.4 is 5.32 Å². The van der Waals surface area contributed by atoms with E-state index in [0.717, 1.165) is 24.8 Å². The summed E-state index contributed by atoms with van der Waals surface area (Å²) in [5.74, 6) is -1.67. The highest BCUT2D eigenvalue weighted by Gasteiger charge is 2.41. The van der Waals surface area contributed by atoms with E-state index in [9.17, 15) is 19.8 Å². The van der Waals surface area contributed by atoms with Gasteiger partial charge in [0.1, 0.15) is 11.3 Å². The van der Waals surface area contributed by atoms with E-state index < -0.39 is 17.4 Å². The van der Waals surface area contributed by atoms with E-state index in [1.807, 2.05) is 6.92 Å². The highest BCUT2D eigenvalue weighted by molar-refractivity contribution is 6.00. The Hall–Kier alpha value is -2.04. The average molecular weight is 277 g/mol. The maximum atomic E-state index is 12.3. The van der Waals surface area contributed by atoms with E-state index >= 15 is 0 Å². The van der Waals surface area contributed by atoms with Crippen LogP contribution in [0.15, 0.2) is 18.2 Å². The molecule has 1 aliphatic carbocycles. The molecule has 0 unspecified atom stereocenters. The lowest BCUT2D eigenvalue weighted by atomic mass is 9.81. The minimum atomic E-state index is -1.20. The first kappa shape index (κ1) is 14.4. The second-order valence-electron chi connectivity index (χ2n) is 5.42. The summed E-state index contributed by atoms with van der Waals surface area (Å²) in [6.45, 7) is 1.81. The Morgan fingerprint density at radius 1 is 1.20 bits per heavy atom. The third-order valence-corrected chi connectivity index (χ3v) is 3.87. The molecule has 0 atom stereocenters. The van der Waals surface area contributed by atoms with Gasteiger partial charge in [-0.05, 0) is 31.9 Å². The lowest BCUT2D eigenvalue weighted by Crippen LogP contribution is -2.55. The first-order chi connectivity index (χ1) is 9.44. The summed E-state index contributed by atoms with van der Waals surface area (Å²) in [5.41, 5.74) is -0.247. The van der Waals surface area contributed by atoms with Gasteiger partial charge < -0.3 is 15.5 Å². The molecule has 0 aromatic heterocycles. The Labute approximate surface area is 117 Å². The van der Waals surface area contributed by atoms with E-state index in [1.54, 1.807) is 12.1 Å². The van der Waals surface area contributed by atoms with Crippen molar-refractivity contribution in [2.45, 2.75) is 44.6 Å². The van der Waals surface area contributed by atoms with Crippen molar-refractivity contribution in [2.24, 2.45) is 0 Å². The number of aromatic hydroxyl groups is 1. The summed E-state index contributed by atoms with van der Waals surface area (Å²) >= 11 is 0. The molecule has 1 amide bonds. The molecular formula is C15H19NO4. The van der Waals surface area contributed by atoms with Gasteiger partial charge in [-0.3, -0.25) is 4.79 Å². The highest BCUT2D eigenvalue weighted by atomic mass is 16.4. The zero-order valence-electron chi connectivity index (χ0n) is 11.5. The number of carboxylic acids is 1. The van der Waals surface area contributed by atoms with Crippen molar-refractivity contribution in [1.82, 2.24) is 5.32 Å². The molecule has 1 fully saturated rings. The lowest BCUT2D eigenvalue weighted by molar-refractivity contribution is -0.145. The number of carboxylic acid groups (broad SMARTS) is 1. The van der Waals surface area contributed by atoms with Gasteiger partial charge in [-0.15, -0.1) is 0 Å². The van der Waals surface area contributed by atoms with Crippen molar-refractivity contribution in [1.29, 1.82) is 0 Å². The zero-order chi connectivity index (χ0) is 14.8. The van der Waals surface area contributed by atoms with Crippen LogP contribution >= 0.6 is 0 Å². The number of carbonyl (C=O) groups is 2. The standard InChI is InChI=1S/C15H19NO4/c1-10-5-6-12(17)11(9-10)13(18)16-15(14(19)20)7-3-2-4-8-15/h5-6,9,17H,2-4,7-8H2,1H3,(H,16,18)(H,19,20). The van der Waals surface area contributed by atoms with Gasteiger partial charge in [0.05, 0.1) is 5.56 Å². The molecule has 0 radical (unpaired) electrons. The number of phenolic OH excluding ortho intramolecular Hbond substituents is 1. The minimum Gasteiger partial charge on any atom is -0.507 e. The number of hydrogen-bond acceptors (Lipinski definition) is 3. The van der Waals surface area contributed by atoms with Gasteiger partial charge in [0, 0.05) is 0 Å². The van der Waals surface area contributed by atoms with Crippen LogP contribution in [0.5, 0.6) is 5.75 Å². The van der Waals surface area contributed by atoms with E-state index in [4.69, 9.17) is 0 Å². The van der Waals surface area contributed by atoms with Crippen LogP contribution in [0.4, 0.5) is 0 Å². The predicted octanol–water partition coefficient (Wildman–Crippen LogP) is 2.22. The number of phenols is 1. The summed E-state index contributed by atoms with van der Waals surface area (Å²) in [5, 5.41) is 21.8. The predicted molar refractivity (Wildman–Crippen MR) is 73.8 cm³/mol. The molecule has 0 bridgehead atoms. The molecule has 0 heterocycles. The number of rotatable bonds is 3. The van der Waals surface area contributed by atoms with Crippen molar-refractivity contribution in [3.8, 4) is 5.75 Å². The Balaban J connectivity index is 2.24.